The lowest BCUT2D eigenvalue weighted by atomic mass is 10.0. The Kier molecular flexibility index (Phi) is 10.5. The van der Waals surface area contributed by atoms with Crippen molar-refractivity contribution >= 4 is 23.5 Å². The van der Waals surface area contributed by atoms with Gasteiger partial charge in [0, 0.05) is 5.02 Å². The van der Waals surface area contributed by atoms with Crippen LogP contribution in [0.3, 0.4) is 0 Å². The smallest absolute Gasteiger partial charge is 0.340 e. The number of nitrogens with two attached hydrogens (primary N) is 1. The molecule has 3 N–H and O–H groups in total. The van der Waals surface area contributed by atoms with E-state index in [1.165, 1.54) is 0 Å². The van der Waals surface area contributed by atoms with Gasteiger partial charge in [-0.25, -0.2) is 4.79 Å². The molecule has 178 valence electrons. The molecule has 1 aliphatic carbocycles. The number of hydrogen-bond acceptors (Lipinski definition) is 6. The van der Waals surface area contributed by atoms with Crippen molar-refractivity contribution in [2.75, 3.05) is 19.8 Å². The predicted octanol–water partition coefficient (Wildman–Crippen LogP) is 4.37. The molecule has 0 spiro atoms. The summed E-state index contributed by atoms with van der Waals surface area (Å²) in [5, 5.41) is 9.10. The summed E-state index contributed by atoms with van der Waals surface area (Å²) in [5.41, 5.74) is 5.79. The Morgan fingerprint density at radius 2 is 1.91 bits per heavy atom. The highest BCUT2D eigenvalue weighted by Gasteiger charge is 2.52. The first-order valence-electron chi connectivity index (χ1n) is 11.1. The number of allylic oxidation sites excluding steroid dienone is 1. The first-order valence-corrected chi connectivity index (χ1v) is 11.5. The van der Waals surface area contributed by atoms with Gasteiger partial charge in [-0.1, -0.05) is 36.6 Å². The maximum atomic E-state index is 11.7. The van der Waals surface area contributed by atoms with E-state index in [0.717, 1.165) is 49.8 Å². The van der Waals surface area contributed by atoms with Crippen LogP contribution in [0.15, 0.2) is 36.4 Å². The molecule has 1 heterocycles. The highest BCUT2D eigenvalue weighted by Crippen LogP contribution is 2.39. The molecule has 2 aliphatic rings. The van der Waals surface area contributed by atoms with Crippen molar-refractivity contribution < 1.29 is 28.9 Å². The van der Waals surface area contributed by atoms with Crippen LogP contribution < -0.4 is 10.5 Å². The fraction of sp³-hybridized carbons (Fsp3) is 0.583. The molecule has 8 heteroatoms. The topological polar surface area (TPSA) is 111 Å². The fourth-order valence-corrected chi connectivity index (χ4v) is 3.34. The number of carboxylic acid groups (broad SMARTS) is 1. The maximum absolute atomic E-state index is 11.7. The number of unbranched alkanes of at least 4 members (excludes halogenated alkanes) is 3. The molecule has 0 amide bonds. The van der Waals surface area contributed by atoms with E-state index in [0.29, 0.717) is 37.2 Å². The summed E-state index contributed by atoms with van der Waals surface area (Å²) in [4.78, 5) is 21.9. The van der Waals surface area contributed by atoms with Crippen LogP contribution in [0.5, 0.6) is 5.75 Å². The number of carbonyl (C=O) groups excluding carboxylic acids is 1. The minimum Gasteiger partial charge on any atom is -0.494 e. The van der Waals surface area contributed by atoms with Gasteiger partial charge in [0.1, 0.15) is 11.8 Å². The third-order valence-electron chi connectivity index (χ3n) is 5.48. The van der Waals surface area contributed by atoms with Crippen molar-refractivity contribution in [3.8, 4) is 5.75 Å². The summed E-state index contributed by atoms with van der Waals surface area (Å²) >= 11 is 5.82. The van der Waals surface area contributed by atoms with Crippen molar-refractivity contribution in [3.05, 3.63) is 41.4 Å². The van der Waals surface area contributed by atoms with E-state index in [-0.39, 0.29) is 5.97 Å². The Morgan fingerprint density at radius 3 is 2.44 bits per heavy atom. The van der Waals surface area contributed by atoms with E-state index >= 15 is 0 Å². The third-order valence-corrected chi connectivity index (χ3v) is 5.73. The Balaban J connectivity index is 0.000000303. The van der Waals surface area contributed by atoms with Gasteiger partial charge < -0.3 is 25.1 Å². The number of hydrogen-bond donors (Lipinski definition) is 2. The molecular weight excluding hydrogens is 434 g/mol. The van der Waals surface area contributed by atoms with Crippen LogP contribution in [0.1, 0.15) is 51.9 Å². The number of rotatable bonds is 13. The summed E-state index contributed by atoms with van der Waals surface area (Å²) in [6.07, 6.45) is 6.37. The third kappa shape index (κ3) is 9.18. The molecule has 3 atom stereocenters. The highest BCUT2D eigenvalue weighted by molar-refractivity contribution is 6.30. The molecule has 1 saturated carbocycles. The lowest BCUT2D eigenvalue weighted by Crippen LogP contribution is -2.30. The van der Waals surface area contributed by atoms with Gasteiger partial charge in [-0.3, -0.25) is 4.79 Å². The summed E-state index contributed by atoms with van der Waals surface area (Å²) in [7, 11) is 0. The van der Waals surface area contributed by atoms with E-state index in [1.807, 2.05) is 31.2 Å². The Hall–Kier alpha value is -2.09. The number of carboxylic acids is 1. The van der Waals surface area contributed by atoms with Crippen LogP contribution in [-0.2, 0) is 19.1 Å². The second-order valence-electron chi connectivity index (χ2n) is 8.21. The van der Waals surface area contributed by atoms with Crippen molar-refractivity contribution in [2.24, 2.45) is 11.7 Å². The van der Waals surface area contributed by atoms with E-state index in [9.17, 15) is 9.59 Å². The number of esters is 1. The minimum atomic E-state index is -0.917. The van der Waals surface area contributed by atoms with Gasteiger partial charge in [-0.15, -0.1) is 0 Å². The normalized spacial score (nSPS) is 21.7. The van der Waals surface area contributed by atoms with Crippen molar-refractivity contribution in [3.63, 3.8) is 0 Å². The molecule has 1 aromatic rings. The average Bonchev–Trinajstić information content (AvgIpc) is 3.68. The molecule has 32 heavy (non-hydrogen) atoms. The van der Waals surface area contributed by atoms with E-state index in [4.69, 9.17) is 36.7 Å². The molecule has 1 aromatic carbocycles. The number of halogens is 1. The van der Waals surface area contributed by atoms with Crippen LogP contribution >= 0.6 is 11.6 Å². The molecule has 0 aromatic heterocycles. The molecule has 0 radical (unpaired) electrons. The number of benzene rings is 1. The van der Waals surface area contributed by atoms with Gasteiger partial charge in [-0.2, -0.15) is 0 Å². The van der Waals surface area contributed by atoms with Crippen LogP contribution in [0.2, 0.25) is 5.02 Å². The van der Waals surface area contributed by atoms with Gasteiger partial charge in [0.05, 0.1) is 19.8 Å². The standard InChI is InChI=1S/C17H23ClO4.C7H11NO2/c1-2-20-16(19)17(13-22-17)11-5-3-4-6-12-21-15-9-7-14(18)8-10-15;1-4-2-5(4)3-6(8)7(9)10/h7-10H,2-6,11-13H2,1H3;5-6H,1-3,8H2,(H,9,10)/t17-;5-,6+/m11/s1. The van der Waals surface area contributed by atoms with E-state index < -0.39 is 17.6 Å². The SMILES string of the molecule is C=C1C[C@@H]1C[C@H](N)C(=O)O.CCOC(=O)[C@@]1(CCCCCCOc2ccc(Cl)cc2)CO1. The number of aliphatic carboxylic acids is 1. The zero-order valence-electron chi connectivity index (χ0n) is 18.7. The Morgan fingerprint density at radius 1 is 1.28 bits per heavy atom. The molecular formula is C24H34ClNO6. The minimum absolute atomic E-state index is 0.207. The average molecular weight is 468 g/mol. The zero-order valence-corrected chi connectivity index (χ0v) is 19.4. The van der Waals surface area contributed by atoms with Gasteiger partial charge in [0.2, 0.25) is 0 Å². The summed E-state index contributed by atoms with van der Waals surface area (Å²) < 4.78 is 16.0. The second-order valence-corrected chi connectivity index (χ2v) is 8.65. The summed E-state index contributed by atoms with van der Waals surface area (Å²) in [6, 6.07) is 6.68. The van der Waals surface area contributed by atoms with Crippen LogP contribution in [0.25, 0.3) is 0 Å². The number of epoxide rings is 1. The quantitative estimate of drug-likeness (QED) is 0.192. The van der Waals surface area contributed by atoms with Crippen molar-refractivity contribution in [1.82, 2.24) is 0 Å². The second kappa shape index (κ2) is 12.8. The van der Waals surface area contributed by atoms with Gasteiger partial charge in [0.25, 0.3) is 0 Å². The lowest BCUT2D eigenvalue weighted by molar-refractivity contribution is -0.149. The van der Waals surface area contributed by atoms with Crippen LogP contribution in [-0.4, -0.2) is 48.5 Å². The first kappa shape index (κ1) is 26.2. The number of carbonyl (C=O) groups is 2. The van der Waals surface area contributed by atoms with E-state index in [1.54, 1.807) is 0 Å². The monoisotopic (exact) mass is 467 g/mol. The number of ether oxygens (including phenoxy) is 3. The van der Waals surface area contributed by atoms with Gasteiger partial charge in [0.15, 0.2) is 5.60 Å². The predicted molar refractivity (Wildman–Crippen MR) is 123 cm³/mol. The largest absolute Gasteiger partial charge is 0.494 e. The van der Waals surface area contributed by atoms with E-state index in [2.05, 4.69) is 6.58 Å². The lowest BCUT2D eigenvalue weighted by Gasteiger charge is -2.10. The summed E-state index contributed by atoms with van der Waals surface area (Å²) in [5.74, 6) is 0.101. The van der Waals surface area contributed by atoms with Gasteiger partial charge >= 0.3 is 11.9 Å². The molecule has 1 aliphatic heterocycles. The Labute approximate surface area is 194 Å². The van der Waals surface area contributed by atoms with Crippen molar-refractivity contribution in [1.29, 1.82) is 0 Å². The molecule has 2 fully saturated rings. The van der Waals surface area contributed by atoms with Crippen LogP contribution in [0.4, 0.5) is 0 Å². The fourth-order valence-electron chi connectivity index (χ4n) is 3.22. The van der Waals surface area contributed by atoms with Crippen molar-refractivity contribution in [2.45, 2.75) is 63.5 Å². The molecule has 3 rings (SSSR count). The zero-order chi connectivity index (χ0) is 23.6. The summed E-state index contributed by atoms with van der Waals surface area (Å²) in [6.45, 7) is 7.14. The molecule has 0 unspecified atom stereocenters. The van der Waals surface area contributed by atoms with Gasteiger partial charge in [-0.05, 0) is 69.2 Å². The Bertz CT molecular complexity index is 762. The highest BCUT2D eigenvalue weighted by atomic mass is 35.5. The first-order chi connectivity index (χ1) is 15.3. The van der Waals surface area contributed by atoms with Crippen LogP contribution in [0, 0.1) is 5.92 Å². The molecule has 7 nitrogen and oxygen atoms in total. The molecule has 1 saturated heterocycles. The molecule has 0 bridgehead atoms. The maximum Gasteiger partial charge on any atom is 0.340 e.